The van der Waals surface area contributed by atoms with E-state index in [2.05, 4.69) is 28.2 Å². The first-order valence-electron chi connectivity index (χ1n) is 11.4. The SMILES string of the molecule is C=O.Cc1c(OC2CCN(C)CC2)ccc(C#N)c1Cl.O=Cc1ccc(N2CCNCC2)cc1. The number of nitrogens with zero attached hydrogens (tertiary/aromatic N) is 3. The summed E-state index contributed by atoms with van der Waals surface area (Å²) in [4.78, 5) is 23.1. The van der Waals surface area contributed by atoms with E-state index in [0.717, 1.165) is 75.3 Å². The van der Waals surface area contributed by atoms with Crippen LogP contribution >= 0.6 is 11.6 Å². The highest BCUT2D eigenvalue weighted by atomic mass is 35.5. The van der Waals surface area contributed by atoms with Crippen molar-refractivity contribution < 1.29 is 14.3 Å². The number of benzene rings is 2. The Morgan fingerprint density at radius 2 is 1.71 bits per heavy atom. The molecule has 0 spiro atoms. The first kappa shape index (κ1) is 27.3. The Kier molecular flexibility index (Phi) is 11.5. The minimum absolute atomic E-state index is 0.254. The van der Waals surface area contributed by atoms with Gasteiger partial charge >= 0.3 is 0 Å². The minimum Gasteiger partial charge on any atom is -0.490 e. The molecule has 0 bridgehead atoms. The minimum atomic E-state index is 0.254. The third kappa shape index (κ3) is 7.84. The molecule has 2 aromatic carbocycles. The van der Waals surface area contributed by atoms with Crippen LogP contribution in [-0.4, -0.2) is 70.4 Å². The second kappa shape index (κ2) is 14.4. The Hall–Kier alpha value is -2.92. The predicted octanol–water partition coefficient (Wildman–Crippen LogP) is 3.72. The van der Waals surface area contributed by atoms with Crippen molar-refractivity contribution in [2.75, 3.05) is 51.2 Å². The summed E-state index contributed by atoms with van der Waals surface area (Å²) in [7, 11) is 2.13. The average molecular weight is 485 g/mol. The van der Waals surface area contributed by atoms with Gasteiger partial charge in [0.2, 0.25) is 0 Å². The van der Waals surface area contributed by atoms with Gasteiger partial charge in [0.25, 0.3) is 0 Å². The molecule has 34 heavy (non-hydrogen) atoms. The maximum Gasteiger partial charge on any atom is 0.150 e. The number of likely N-dealkylation sites (tertiary alicyclic amines) is 1. The van der Waals surface area contributed by atoms with E-state index in [-0.39, 0.29) is 6.10 Å². The second-order valence-electron chi connectivity index (χ2n) is 8.23. The number of piperidine rings is 1. The highest BCUT2D eigenvalue weighted by Gasteiger charge is 2.19. The molecule has 2 aliphatic rings. The summed E-state index contributed by atoms with van der Waals surface area (Å²) in [6, 6.07) is 13.4. The first-order valence-corrected chi connectivity index (χ1v) is 11.7. The molecule has 0 atom stereocenters. The summed E-state index contributed by atoms with van der Waals surface area (Å²) >= 11 is 6.13. The number of nitriles is 1. The van der Waals surface area contributed by atoms with Gasteiger partial charge in [-0.1, -0.05) is 11.6 Å². The fourth-order valence-electron chi connectivity index (χ4n) is 3.85. The van der Waals surface area contributed by atoms with Crippen molar-refractivity contribution >= 4 is 30.4 Å². The van der Waals surface area contributed by atoms with Crippen molar-refractivity contribution in [3.05, 3.63) is 58.1 Å². The number of anilines is 1. The molecule has 182 valence electrons. The Balaban J connectivity index is 0.000000230. The van der Waals surface area contributed by atoms with Crippen LogP contribution in [0.4, 0.5) is 5.69 Å². The number of halogens is 1. The normalized spacial score (nSPS) is 16.2. The average Bonchev–Trinajstić information content (AvgIpc) is 2.90. The zero-order valence-corrected chi connectivity index (χ0v) is 20.7. The Bertz CT molecular complexity index is 948. The molecule has 4 rings (SSSR count). The van der Waals surface area contributed by atoms with Crippen molar-refractivity contribution in [1.29, 1.82) is 5.26 Å². The Morgan fingerprint density at radius 3 is 2.26 bits per heavy atom. The van der Waals surface area contributed by atoms with Gasteiger partial charge in [-0.05, 0) is 63.2 Å². The van der Waals surface area contributed by atoms with Crippen molar-refractivity contribution in [3.63, 3.8) is 0 Å². The lowest BCUT2D eigenvalue weighted by atomic mass is 10.1. The predicted molar refractivity (Wildman–Crippen MR) is 136 cm³/mol. The Labute approximate surface area is 207 Å². The lowest BCUT2D eigenvalue weighted by Crippen LogP contribution is -2.43. The van der Waals surface area contributed by atoms with E-state index in [4.69, 9.17) is 26.4 Å². The fourth-order valence-corrected chi connectivity index (χ4v) is 4.05. The van der Waals surface area contributed by atoms with Gasteiger partial charge in [0, 0.05) is 56.1 Å². The smallest absolute Gasteiger partial charge is 0.150 e. The number of ether oxygens (including phenoxy) is 1. The van der Waals surface area contributed by atoms with Crippen molar-refractivity contribution in [2.24, 2.45) is 0 Å². The summed E-state index contributed by atoms with van der Waals surface area (Å²) in [6.07, 6.45) is 3.20. The van der Waals surface area contributed by atoms with Crippen LogP contribution < -0.4 is 15.0 Å². The lowest BCUT2D eigenvalue weighted by molar-refractivity contribution is -0.0980. The third-order valence-corrected chi connectivity index (χ3v) is 6.41. The second-order valence-corrected chi connectivity index (χ2v) is 8.61. The van der Waals surface area contributed by atoms with Gasteiger partial charge in [0.15, 0.2) is 0 Å². The standard InChI is InChI=1S/C14H17ClN2O.C11H14N2O.CH2O/c1-10-13(4-3-11(9-16)14(10)15)18-12-5-7-17(2)8-6-12;14-9-10-1-3-11(4-2-10)13-7-5-12-6-8-13;1-2/h3-4,12H,5-8H2,1-2H3;1-4,9,12H,5-8H2;1H2. The summed E-state index contributed by atoms with van der Waals surface area (Å²) in [5.41, 5.74) is 3.31. The van der Waals surface area contributed by atoms with E-state index in [0.29, 0.717) is 10.6 Å². The number of nitrogens with one attached hydrogen (secondary N) is 1. The first-order chi connectivity index (χ1) is 16.5. The number of rotatable bonds is 4. The zero-order valence-electron chi connectivity index (χ0n) is 19.9. The molecule has 0 aromatic heterocycles. The van der Waals surface area contributed by atoms with E-state index in [1.54, 1.807) is 6.07 Å². The zero-order chi connectivity index (χ0) is 24.9. The van der Waals surface area contributed by atoms with Crippen molar-refractivity contribution in [2.45, 2.75) is 25.9 Å². The van der Waals surface area contributed by atoms with Crippen molar-refractivity contribution in [3.8, 4) is 11.8 Å². The number of hydrogen-bond acceptors (Lipinski definition) is 7. The molecule has 1 N–H and O–H groups in total. The number of aldehydes is 1. The molecule has 2 fully saturated rings. The van der Waals surface area contributed by atoms with E-state index >= 15 is 0 Å². The van der Waals surface area contributed by atoms with Crippen LogP contribution in [0.25, 0.3) is 0 Å². The molecule has 7 nitrogen and oxygen atoms in total. The molecule has 2 saturated heterocycles. The largest absolute Gasteiger partial charge is 0.490 e. The molecular formula is C26H33ClN4O3. The van der Waals surface area contributed by atoms with Crippen LogP contribution in [-0.2, 0) is 4.79 Å². The van der Waals surface area contributed by atoms with Gasteiger partial charge in [0.05, 0.1) is 10.6 Å². The lowest BCUT2D eigenvalue weighted by Gasteiger charge is -2.29. The topological polar surface area (TPSA) is 85.7 Å². The van der Waals surface area contributed by atoms with Crippen LogP contribution in [0.3, 0.4) is 0 Å². The van der Waals surface area contributed by atoms with Gasteiger partial charge in [-0.2, -0.15) is 5.26 Å². The fraction of sp³-hybridized carbons (Fsp3) is 0.423. The molecule has 0 unspecified atom stereocenters. The number of carbonyl (C=O) groups is 2. The van der Waals surface area contributed by atoms with Crippen LogP contribution in [0.5, 0.6) is 5.75 Å². The van der Waals surface area contributed by atoms with E-state index < -0.39 is 0 Å². The van der Waals surface area contributed by atoms with Crippen LogP contribution in [0.2, 0.25) is 5.02 Å². The summed E-state index contributed by atoms with van der Waals surface area (Å²) in [6.45, 7) is 10.2. The van der Waals surface area contributed by atoms with Crippen molar-refractivity contribution in [1.82, 2.24) is 10.2 Å². The molecular weight excluding hydrogens is 452 g/mol. The van der Waals surface area contributed by atoms with E-state index in [1.807, 2.05) is 44.0 Å². The molecule has 0 radical (unpaired) electrons. The Morgan fingerprint density at radius 1 is 1.09 bits per heavy atom. The van der Waals surface area contributed by atoms with Gasteiger partial charge in [0.1, 0.15) is 31.0 Å². The molecule has 2 aromatic rings. The highest BCUT2D eigenvalue weighted by Crippen LogP contribution is 2.30. The molecule has 0 aliphatic carbocycles. The third-order valence-electron chi connectivity index (χ3n) is 5.93. The van der Waals surface area contributed by atoms with Crippen LogP contribution in [0.15, 0.2) is 36.4 Å². The van der Waals surface area contributed by atoms with E-state index in [1.165, 1.54) is 5.69 Å². The number of carbonyl (C=O) groups excluding carboxylic acids is 2. The van der Waals surface area contributed by atoms with Gasteiger partial charge in [-0.3, -0.25) is 4.79 Å². The van der Waals surface area contributed by atoms with Gasteiger partial charge in [-0.25, -0.2) is 0 Å². The maximum absolute atomic E-state index is 10.5. The van der Waals surface area contributed by atoms with Gasteiger partial charge < -0.3 is 24.6 Å². The van der Waals surface area contributed by atoms with Gasteiger partial charge in [-0.15, -0.1) is 0 Å². The van der Waals surface area contributed by atoms with E-state index in [9.17, 15) is 4.79 Å². The van der Waals surface area contributed by atoms with Crippen LogP contribution in [0.1, 0.15) is 34.3 Å². The molecule has 2 heterocycles. The number of hydrogen-bond donors (Lipinski definition) is 1. The molecule has 8 heteroatoms. The molecule has 0 saturated carbocycles. The molecule has 0 amide bonds. The maximum atomic E-state index is 10.5. The molecule has 2 aliphatic heterocycles. The quantitative estimate of drug-likeness (QED) is 0.662. The summed E-state index contributed by atoms with van der Waals surface area (Å²) in [5, 5.41) is 12.7. The van der Waals surface area contributed by atoms with Crippen LogP contribution in [0, 0.1) is 18.3 Å². The highest BCUT2D eigenvalue weighted by molar-refractivity contribution is 6.32. The number of piperazine rings is 1. The summed E-state index contributed by atoms with van der Waals surface area (Å²) < 4.78 is 5.99. The summed E-state index contributed by atoms with van der Waals surface area (Å²) in [5.74, 6) is 0.800. The monoisotopic (exact) mass is 484 g/mol.